The smallest absolute Gasteiger partial charge is 0.268 e. The molecule has 0 amide bonds. The maximum absolute atomic E-state index is 12.2. The molecule has 23 heavy (non-hydrogen) atoms. The number of nitriles is 1. The van der Waals surface area contributed by atoms with E-state index in [0.29, 0.717) is 0 Å². The average molecular weight is 305 g/mol. The van der Waals surface area contributed by atoms with Gasteiger partial charge in [0.1, 0.15) is 11.6 Å². The fourth-order valence-electron chi connectivity index (χ4n) is 3.32. The van der Waals surface area contributed by atoms with Crippen LogP contribution in [0, 0.1) is 11.3 Å². The Hall–Kier alpha value is -3.07. The van der Waals surface area contributed by atoms with Crippen molar-refractivity contribution in [3.63, 3.8) is 0 Å². The first-order valence-electron chi connectivity index (χ1n) is 7.57. The molecule has 0 saturated carbocycles. The molecule has 0 radical (unpaired) electrons. The first-order chi connectivity index (χ1) is 11.3. The fourth-order valence-corrected chi connectivity index (χ4v) is 3.32. The molecule has 114 valence electrons. The summed E-state index contributed by atoms with van der Waals surface area (Å²) in [5, 5.41) is 14.7. The Morgan fingerprint density at radius 3 is 2.96 bits per heavy atom. The normalized spacial score (nSPS) is 17.5. The quantitative estimate of drug-likeness (QED) is 0.786. The van der Waals surface area contributed by atoms with Crippen LogP contribution in [0.4, 0.5) is 5.69 Å². The highest BCUT2D eigenvalue weighted by Gasteiger charge is 2.28. The van der Waals surface area contributed by atoms with E-state index < -0.39 is 0 Å². The van der Waals surface area contributed by atoms with Gasteiger partial charge in [-0.15, -0.1) is 0 Å². The highest BCUT2D eigenvalue weighted by atomic mass is 16.1. The summed E-state index contributed by atoms with van der Waals surface area (Å²) in [5.74, 6) is 0. The van der Waals surface area contributed by atoms with Crippen LogP contribution >= 0.6 is 0 Å². The summed E-state index contributed by atoms with van der Waals surface area (Å²) in [7, 11) is 0. The molecule has 6 nitrogen and oxygen atoms in total. The minimum absolute atomic E-state index is 0.185. The van der Waals surface area contributed by atoms with Gasteiger partial charge in [-0.05, 0) is 18.6 Å². The molecule has 1 N–H and O–H groups in total. The van der Waals surface area contributed by atoms with E-state index in [0.717, 1.165) is 36.1 Å². The second-order valence-electron chi connectivity index (χ2n) is 5.71. The van der Waals surface area contributed by atoms with E-state index >= 15 is 0 Å². The fraction of sp³-hybridized carbons (Fsp3) is 0.235. The van der Waals surface area contributed by atoms with Gasteiger partial charge in [0.05, 0.1) is 17.2 Å². The van der Waals surface area contributed by atoms with Crippen LogP contribution < -0.4 is 10.5 Å². The summed E-state index contributed by atoms with van der Waals surface area (Å²) in [5.41, 5.74) is 1.35. The number of H-pyrrole nitrogens is 1. The van der Waals surface area contributed by atoms with E-state index in [-0.39, 0.29) is 17.2 Å². The van der Waals surface area contributed by atoms with Gasteiger partial charge in [-0.2, -0.15) is 10.4 Å². The number of rotatable bonds is 2. The molecule has 0 spiro atoms. The molecule has 1 aliphatic heterocycles. The standard InChI is InChI=1S/C17H15N5O/c18-10-14-16(13-4-1-2-5-15(13)20-17(14)23)21-9-6-12(11-21)22-8-3-7-19-22/h1-5,7-8,12H,6,9,11H2,(H,20,23). The van der Waals surface area contributed by atoms with Crippen molar-refractivity contribution in [2.24, 2.45) is 0 Å². The topological polar surface area (TPSA) is 77.7 Å². The molecular formula is C17H15N5O. The predicted molar refractivity (Wildman–Crippen MR) is 87.4 cm³/mol. The molecule has 0 aliphatic carbocycles. The zero-order valence-electron chi connectivity index (χ0n) is 12.4. The van der Waals surface area contributed by atoms with E-state index in [1.165, 1.54) is 0 Å². The first-order valence-corrected chi connectivity index (χ1v) is 7.57. The van der Waals surface area contributed by atoms with Crippen LogP contribution in [0.1, 0.15) is 18.0 Å². The van der Waals surface area contributed by atoms with Crippen molar-refractivity contribution in [1.82, 2.24) is 14.8 Å². The highest BCUT2D eigenvalue weighted by molar-refractivity contribution is 5.94. The molecule has 3 heterocycles. The number of hydrogen-bond acceptors (Lipinski definition) is 4. The van der Waals surface area contributed by atoms with Gasteiger partial charge in [-0.1, -0.05) is 18.2 Å². The molecule has 1 atom stereocenters. The number of para-hydroxylation sites is 1. The molecule has 0 bridgehead atoms. The van der Waals surface area contributed by atoms with Crippen LogP contribution in [0.5, 0.6) is 0 Å². The van der Waals surface area contributed by atoms with Gasteiger partial charge in [-0.3, -0.25) is 9.48 Å². The maximum atomic E-state index is 12.2. The van der Waals surface area contributed by atoms with Gasteiger partial charge in [0.25, 0.3) is 5.56 Å². The number of aromatic nitrogens is 3. The van der Waals surface area contributed by atoms with Crippen LogP contribution in [-0.4, -0.2) is 27.9 Å². The van der Waals surface area contributed by atoms with Gasteiger partial charge < -0.3 is 9.88 Å². The number of fused-ring (bicyclic) bond motifs is 1. The van der Waals surface area contributed by atoms with Crippen LogP contribution in [-0.2, 0) is 0 Å². The molecule has 1 aliphatic rings. The van der Waals surface area contributed by atoms with Crippen molar-refractivity contribution in [2.45, 2.75) is 12.5 Å². The van der Waals surface area contributed by atoms with Crippen molar-refractivity contribution < 1.29 is 0 Å². The number of hydrogen-bond donors (Lipinski definition) is 1. The molecule has 1 unspecified atom stereocenters. The van der Waals surface area contributed by atoms with E-state index in [1.54, 1.807) is 6.20 Å². The van der Waals surface area contributed by atoms with Gasteiger partial charge in [0.15, 0.2) is 0 Å². The molecule has 1 aromatic carbocycles. The lowest BCUT2D eigenvalue weighted by atomic mass is 10.1. The largest absolute Gasteiger partial charge is 0.368 e. The average Bonchev–Trinajstić information content (AvgIpc) is 3.24. The predicted octanol–water partition coefficient (Wildman–Crippen LogP) is 2.05. The number of nitrogens with zero attached hydrogens (tertiary/aromatic N) is 4. The Balaban J connectivity index is 1.83. The summed E-state index contributed by atoms with van der Waals surface area (Å²) in [6.45, 7) is 1.54. The number of aromatic amines is 1. The van der Waals surface area contributed by atoms with Crippen LogP contribution in [0.3, 0.4) is 0 Å². The molecular weight excluding hydrogens is 290 g/mol. The Kier molecular flexibility index (Phi) is 3.12. The first kappa shape index (κ1) is 13.6. The Morgan fingerprint density at radius 2 is 2.17 bits per heavy atom. The van der Waals surface area contributed by atoms with E-state index in [4.69, 9.17) is 0 Å². The highest BCUT2D eigenvalue weighted by Crippen LogP contribution is 2.32. The minimum Gasteiger partial charge on any atom is -0.368 e. The lowest BCUT2D eigenvalue weighted by molar-refractivity contribution is 0.495. The van der Waals surface area contributed by atoms with E-state index in [2.05, 4.69) is 21.1 Å². The van der Waals surface area contributed by atoms with Crippen molar-refractivity contribution in [2.75, 3.05) is 18.0 Å². The Bertz CT molecular complexity index is 951. The van der Waals surface area contributed by atoms with Crippen LogP contribution in [0.25, 0.3) is 10.9 Å². The number of pyridine rings is 1. The molecule has 6 heteroatoms. The lowest BCUT2D eigenvalue weighted by Crippen LogP contribution is -2.25. The van der Waals surface area contributed by atoms with Crippen LogP contribution in [0.15, 0.2) is 47.5 Å². The third kappa shape index (κ3) is 2.18. The Labute approximate surface area is 132 Å². The lowest BCUT2D eigenvalue weighted by Gasteiger charge is -2.21. The summed E-state index contributed by atoms with van der Waals surface area (Å²) >= 11 is 0. The maximum Gasteiger partial charge on any atom is 0.268 e. The van der Waals surface area contributed by atoms with Gasteiger partial charge in [-0.25, -0.2) is 0 Å². The van der Waals surface area contributed by atoms with Gasteiger partial charge >= 0.3 is 0 Å². The van der Waals surface area contributed by atoms with Crippen LogP contribution in [0.2, 0.25) is 0 Å². The third-order valence-electron chi connectivity index (χ3n) is 4.38. The second kappa shape index (κ2) is 5.29. The van der Waals surface area contributed by atoms with Crippen molar-refractivity contribution in [3.8, 4) is 6.07 Å². The molecule has 2 aromatic heterocycles. The molecule has 1 fully saturated rings. The Morgan fingerprint density at radius 1 is 1.30 bits per heavy atom. The molecule has 4 rings (SSSR count). The van der Waals surface area contributed by atoms with Crippen molar-refractivity contribution >= 4 is 16.6 Å². The zero-order chi connectivity index (χ0) is 15.8. The van der Waals surface area contributed by atoms with Crippen molar-refractivity contribution in [3.05, 3.63) is 58.6 Å². The summed E-state index contributed by atoms with van der Waals surface area (Å²) in [6.07, 6.45) is 4.66. The SMILES string of the molecule is N#Cc1c(N2CCC(n3cccn3)C2)c2ccccc2[nH]c1=O. The number of anilines is 1. The number of nitrogens with one attached hydrogen (secondary N) is 1. The van der Waals surface area contributed by atoms with Gasteiger partial charge in [0, 0.05) is 30.9 Å². The minimum atomic E-state index is -0.330. The summed E-state index contributed by atoms with van der Waals surface area (Å²) in [4.78, 5) is 17.1. The van der Waals surface area contributed by atoms with Crippen molar-refractivity contribution in [1.29, 1.82) is 5.26 Å². The zero-order valence-corrected chi connectivity index (χ0v) is 12.4. The monoisotopic (exact) mass is 305 g/mol. The van der Waals surface area contributed by atoms with E-state index in [1.807, 2.05) is 41.2 Å². The molecule has 3 aromatic rings. The summed E-state index contributed by atoms with van der Waals surface area (Å²) < 4.78 is 1.95. The second-order valence-corrected chi connectivity index (χ2v) is 5.71. The van der Waals surface area contributed by atoms with Gasteiger partial charge in [0.2, 0.25) is 0 Å². The summed E-state index contributed by atoms with van der Waals surface area (Å²) in [6, 6.07) is 11.9. The third-order valence-corrected chi connectivity index (χ3v) is 4.38. The number of benzene rings is 1. The molecule has 1 saturated heterocycles. The van der Waals surface area contributed by atoms with E-state index in [9.17, 15) is 10.1 Å².